The molecule has 0 aromatic carbocycles. The first-order valence-corrected chi connectivity index (χ1v) is 5.32. The van der Waals surface area contributed by atoms with Crippen LogP contribution >= 0.6 is 11.8 Å². The first-order valence-electron chi connectivity index (χ1n) is 4.16. The molecule has 0 radical (unpaired) electrons. The van der Waals surface area contributed by atoms with Crippen LogP contribution in [0.2, 0.25) is 0 Å². The van der Waals surface area contributed by atoms with E-state index in [9.17, 15) is 13.2 Å². The van der Waals surface area contributed by atoms with Crippen molar-refractivity contribution in [3.8, 4) is 0 Å². The average molecular weight is 214 g/mol. The Morgan fingerprint density at radius 3 is 2.77 bits per heavy atom. The summed E-state index contributed by atoms with van der Waals surface area (Å²) in [6.07, 6.45) is -4.10. The zero-order valence-corrected chi connectivity index (χ0v) is 7.97. The van der Waals surface area contributed by atoms with Gasteiger partial charge in [0.2, 0.25) is 0 Å². The van der Waals surface area contributed by atoms with Gasteiger partial charge < -0.3 is 10.6 Å². The highest BCUT2D eigenvalue weighted by Crippen LogP contribution is 2.12. The third kappa shape index (κ3) is 5.38. The first kappa shape index (κ1) is 11.1. The maximum Gasteiger partial charge on any atom is 0.401 e. The van der Waals surface area contributed by atoms with E-state index in [0.717, 1.165) is 18.1 Å². The van der Waals surface area contributed by atoms with Crippen molar-refractivity contribution in [3.05, 3.63) is 0 Å². The molecule has 0 aromatic heterocycles. The Labute approximate surface area is 79.6 Å². The summed E-state index contributed by atoms with van der Waals surface area (Å²) in [4.78, 5) is 0. The van der Waals surface area contributed by atoms with Crippen molar-refractivity contribution in [2.75, 3.05) is 31.1 Å². The molecule has 6 heteroatoms. The Bertz CT molecular complexity index is 145. The summed E-state index contributed by atoms with van der Waals surface area (Å²) in [5.41, 5.74) is 0. The highest BCUT2D eigenvalue weighted by Gasteiger charge is 2.26. The van der Waals surface area contributed by atoms with E-state index in [2.05, 4.69) is 10.6 Å². The number of nitrogens with one attached hydrogen (secondary N) is 2. The van der Waals surface area contributed by atoms with E-state index in [0.29, 0.717) is 6.54 Å². The fourth-order valence-corrected chi connectivity index (χ4v) is 2.09. The van der Waals surface area contributed by atoms with E-state index in [-0.39, 0.29) is 6.04 Å². The van der Waals surface area contributed by atoms with Gasteiger partial charge in [0.15, 0.2) is 0 Å². The summed E-state index contributed by atoms with van der Waals surface area (Å²) >= 11 is 1.78. The Morgan fingerprint density at radius 1 is 1.46 bits per heavy atom. The largest absolute Gasteiger partial charge is 0.401 e. The van der Waals surface area contributed by atoms with Crippen LogP contribution in [-0.2, 0) is 0 Å². The average Bonchev–Trinajstić information content (AvgIpc) is 2.04. The van der Waals surface area contributed by atoms with E-state index >= 15 is 0 Å². The minimum atomic E-state index is -4.10. The van der Waals surface area contributed by atoms with Gasteiger partial charge >= 0.3 is 6.18 Å². The first-order chi connectivity index (χ1) is 6.08. The highest BCUT2D eigenvalue weighted by atomic mass is 32.2. The van der Waals surface area contributed by atoms with Crippen LogP contribution in [0, 0.1) is 0 Å². The lowest BCUT2D eigenvalue weighted by atomic mass is 10.3. The second kappa shape index (κ2) is 5.07. The summed E-state index contributed by atoms with van der Waals surface area (Å²) < 4.78 is 35.2. The van der Waals surface area contributed by atoms with Gasteiger partial charge in [-0.1, -0.05) is 0 Å². The van der Waals surface area contributed by atoms with Gasteiger partial charge in [-0.05, 0) is 0 Å². The smallest absolute Gasteiger partial charge is 0.311 e. The van der Waals surface area contributed by atoms with Crippen LogP contribution in [-0.4, -0.2) is 43.4 Å². The zero-order valence-electron chi connectivity index (χ0n) is 7.16. The molecule has 0 amide bonds. The summed E-state index contributed by atoms with van der Waals surface area (Å²) in [6.45, 7) is 0.394. The Kier molecular flexibility index (Phi) is 4.34. The highest BCUT2D eigenvalue weighted by molar-refractivity contribution is 7.99. The van der Waals surface area contributed by atoms with Gasteiger partial charge in [-0.25, -0.2) is 0 Å². The third-order valence-corrected chi connectivity index (χ3v) is 2.85. The van der Waals surface area contributed by atoms with Gasteiger partial charge in [0, 0.05) is 30.6 Å². The molecule has 1 saturated heterocycles. The van der Waals surface area contributed by atoms with Crippen LogP contribution in [0.15, 0.2) is 0 Å². The molecule has 0 bridgehead atoms. The summed E-state index contributed by atoms with van der Waals surface area (Å²) in [5.74, 6) is 1.95. The van der Waals surface area contributed by atoms with Gasteiger partial charge in [-0.15, -0.1) is 0 Å². The van der Waals surface area contributed by atoms with E-state index in [4.69, 9.17) is 0 Å². The van der Waals surface area contributed by atoms with Crippen molar-refractivity contribution in [2.45, 2.75) is 12.2 Å². The summed E-state index contributed by atoms with van der Waals surface area (Å²) in [5, 5.41) is 5.55. The minimum absolute atomic E-state index is 0.182. The predicted molar refractivity (Wildman–Crippen MR) is 48.0 cm³/mol. The standard InChI is InChI=1S/C7H13F3N2S/c8-7(9,10)5-11-3-6-4-13-2-1-12-6/h6,11-12H,1-5H2. The second-order valence-corrected chi connectivity index (χ2v) is 4.12. The summed E-state index contributed by atoms with van der Waals surface area (Å²) in [6, 6.07) is 0.182. The minimum Gasteiger partial charge on any atom is -0.311 e. The molecule has 1 aliphatic heterocycles. The Balaban J connectivity index is 2.04. The lowest BCUT2D eigenvalue weighted by molar-refractivity contribution is -0.124. The second-order valence-electron chi connectivity index (χ2n) is 2.97. The third-order valence-electron chi connectivity index (χ3n) is 1.71. The number of alkyl halides is 3. The monoisotopic (exact) mass is 214 g/mol. The molecule has 0 saturated carbocycles. The molecular weight excluding hydrogens is 201 g/mol. The summed E-state index contributed by atoms with van der Waals surface area (Å²) in [7, 11) is 0. The van der Waals surface area contributed by atoms with Crippen LogP contribution in [0.5, 0.6) is 0 Å². The molecular formula is C7H13F3N2S. The van der Waals surface area contributed by atoms with Crippen molar-refractivity contribution in [1.82, 2.24) is 10.6 Å². The van der Waals surface area contributed by atoms with Gasteiger partial charge in [-0.3, -0.25) is 0 Å². The van der Waals surface area contributed by atoms with Crippen molar-refractivity contribution in [3.63, 3.8) is 0 Å². The van der Waals surface area contributed by atoms with Gasteiger partial charge in [-0.2, -0.15) is 24.9 Å². The quantitative estimate of drug-likeness (QED) is 0.728. The van der Waals surface area contributed by atoms with Crippen LogP contribution in [0.3, 0.4) is 0 Å². The normalized spacial score (nSPS) is 24.7. The zero-order chi connectivity index (χ0) is 9.73. The van der Waals surface area contributed by atoms with Crippen LogP contribution in [0.4, 0.5) is 13.2 Å². The van der Waals surface area contributed by atoms with E-state index < -0.39 is 12.7 Å². The topological polar surface area (TPSA) is 24.1 Å². The lowest BCUT2D eigenvalue weighted by Gasteiger charge is -2.23. The molecule has 0 aromatic rings. The molecule has 1 unspecified atom stereocenters. The van der Waals surface area contributed by atoms with E-state index in [1.54, 1.807) is 11.8 Å². The molecule has 1 fully saturated rings. The van der Waals surface area contributed by atoms with Crippen LogP contribution in [0.1, 0.15) is 0 Å². The molecule has 1 aliphatic rings. The van der Waals surface area contributed by atoms with Crippen LogP contribution < -0.4 is 10.6 Å². The number of hydrogen-bond acceptors (Lipinski definition) is 3. The maximum atomic E-state index is 11.7. The lowest BCUT2D eigenvalue weighted by Crippen LogP contribution is -2.46. The molecule has 2 nitrogen and oxygen atoms in total. The fraction of sp³-hybridized carbons (Fsp3) is 1.00. The molecule has 1 atom stereocenters. The van der Waals surface area contributed by atoms with Crippen molar-refractivity contribution in [1.29, 1.82) is 0 Å². The molecule has 2 N–H and O–H groups in total. The maximum absolute atomic E-state index is 11.7. The number of rotatable bonds is 3. The van der Waals surface area contributed by atoms with Crippen molar-refractivity contribution >= 4 is 11.8 Å². The predicted octanol–water partition coefficient (Wildman–Crippen LogP) is 0.843. The molecule has 0 spiro atoms. The number of thioether (sulfide) groups is 1. The van der Waals surface area contributed by atoms with E-state index in [1.807, 2.05) is 0 Å². The number of halogens is 3. The molecule has 0 aliphatic carbocycles. The Hall–Kier alpha value is 0.0600. The number of hydrogen-bond donors (Lipinski definition) is 2. The van der Waals surface area contributed by atoms with Crippen molar-refractivity contribution < 1.29 is 13.2 Å². The van der Waals surface area contributed by atoms with Gasteiger partial charge in [0.1, 0.15) is 0 Å². The SMILES string of the molecule is FC(F)(F)CNCC1CSCCN1. The Morgan fingerprint density at radius 2 is 2.23 bits per heavy atom. The van der Waals surface area contributed by atoms with Crippen molar-refractivity contribution in [2.24, 2.45) is 0 Å². The van der Waals surface area contributed by atoms with Crippen LogP contribution in [0.25, 0.3) is 0 Å². The fourth-order valence-electron chi connectivity index (χ4n) is 1.14. The van der Waals surface area contributed by atoms with Gasteiger partial charge in [0.25, 0.3) is 0 Å². The molecule has 13 heavy (non-hydrogen) atoms. The van der Waals surface area contributed by atoms with E-state index in [1.165, 1.54) is 0 Å². The van der Waals surface area contributed by atoms with Gasteiger partial charge in [0.05, 0.1) is 6.54 Å². The molecule has 1 rings (SSSR count). The molecule has 78 valence electrons. The molecule has 1 heterocycles.